The molecule has 168 valence electrons. The molecule has 0 aliphatic carbocycles. The minimum atomic E-state index is -3.62. The van der Waals surface area contributed by atoms with Gasteiger partial charge >= 0.3 is 0 Å². The summed E-state index contributed by atoms with van der Waals surface area (Å²) in [5.74, 6) is -0.759. The number of carbonyl (C=O) groups excluding carboxylic acids is 1. The smallest absolute Gasteiger partial charge is 0.243 e. The summed E-state index contributed by atoms with van der Waals surface area (Å²) in [6.07, 6.45) is 0.860. The number of rotatable bonds is 6. The van der Waals surface area contributed by atoms with Gasteiger partial charge in [0.05, 0.1) is 10.9 Å². The van der Waals surface area contributed by atoms with Crippen LogP contribution in [0, 0.1) is 11.7 Å². The van der Waals surface area contributed by atoms with Crippen LogP contribution in [-0.4, -0.2) is 31.7 Å². The highest BCUT2D eigenvalue weighted by Gasteiger charge is 2.33. The lowest BCUT2D eigenvalue weighted by Crippen LogP contribution is -2.43. The van der Waals surface area contributed by atoms with E-state index in [-0.39, 0.29) is 41.7 Å². The van der Waals surface area contributed by atoms with Gasteiger partial charge in [-0.3, -0.25) is 4.79 Å². The van der Waals surface area contributed by atoms with Gasteiger partial charge in [0, 0.05) is 28.9 Å². The van der Waals surface area contributed by atoms with Gasteiger partial charge in [0.15, 0.2) is 0 Å². The van der Waals surface area contributed by atoms with Crippen molar-refractivity contribution in [3.05, 3.63) is 87.3 Å². The zero-order valence-corrected chi connectivity index (χ0v) is 19.5. The van der Waals surface area contributed by atoms with Crippen molar-refractivity contribution in [2.24, 2.45) is 5.92 Å². The molecule has 9 heteroatoms. The molecule has 0 radical (unpaired) electrons. The van der Waals surface area contributed by atoms with Gasteiger partial charge in [-0.15, -0.1) is 11.3 Å². The lowest BCUT2D eigenvalue weighted by Gasteiger charge is -2.31. The average molecular weight is 493 g/mol. The number of nitrogens with zero attached hydrogens (tertiary/aromatic N) is 1. The van der Waals surface area contributed by atoms with Crippen molar-refractivity contribution in [1.82, 2.24) is 9.62 Å². The summed E-state index contributed by atoms with van der Waals surface area (Å²) < 4.78 is 40.5. The monoisotopic (exact) mass is 492 g/mol. The van der Waals surface area contributed by atoms with Gasteiger partial charge in [-0.2, -0.15) is 4.31 Å². The number of piperidine rings is 1. The van der Waals surface area contributed by atoms with E-state index in [1.807, 2.05) is 17.5 Å². The van der Waals surface area contributed by atoms with Crippen LogP contribution in [0.4, 0.5) is 4.39 Å². The number of hydrogen-bond donors (Lipinski definition) is 1. The fraction of sp³-hybridized carbons (Fsp3) is 0.261. The summed E-state index contributed by atoms with van der Waals surface area (Å²) in [5.41, 5.74) is 0.796. The Balaban J connectivity index is 1.43. The van der Waals surface area contributed by atoms with E-state index in [0.29, 0.717) is 17.9 Å². The van der Waals surface area contributed by atoms with Crippen LogP contribution in [0.3, 0.4) is 0 Å². The third-order valence-electron chi connectivity index (χ3n) is 5.59. The van der Waals surface area contributed by atoms with E-state index in [1.54, 1.807) is 24.3 Å². The maximum absolute atomic E-state index is 13.4. The summed E-state index contributed by atoms with van der Waals surface area (Å²) in [6.45, 7) is 0.534. The molecule has 1 saturated heterocycles. The third-order valence-corrected chi connectivity index (χ3v) is 8.70. The van der Waals surface area contributed by atoms with Gasteiger partial charge in [0.2, 0.25) is 15.9 Å². The molecule has 1 atom stereocenters. The normalized spacial score (nSPS) is 16.6. The third kappa shape index (κ3) is 5.04. The first-order valence-corrected chi connectivity index (χ1v) is 12.9. The summed E-state index contributed by atoms with van der Waals surface area (Å²) >= 11 is 7.38. The van der Waals surface area contributed by atoms with Gasteiger partial charge in [-0.1, -0.05) is 29.8 Å². The van der Waals surface area contributed by atoms with Crippen molar-refractivity contribution in [3.8, 4) is 0 Å². The first-order chi connectivity index (χ1) is 15.3. The van der Waals surface area contributed by atoms with Crippen LogP contribution in [0.15, 0.2) is 70.9 Å². The van der Waals surface area contributed by atoms with Crippen LogP contribution in [0.2, 0.25) is 5.02 Å². The Morgan fingerprint density at radius 1 is 1.06 bits per heavy atom. The van der Waals surface area contributed by atoms with Gasteiger partial charge in [-0.05, 0) is 66.2 Å². The van der Waals surface area contributed by atoms with Crippen LogP contribution >= 0.6 is 22.9 Å². The summed E-state index contributed by atoms with van der Waals surface area (Å²) in [5, 5.41) is 5.48. The Bertz CT molecular complexity index is 1160. The highest BCUT2D eigenvalue weighted by molar-refractivity contribution is 7.89. The first kappa shape index (κ1) is 22.9. The van der Waals surface area contributed by atoms with Crippen LogP contribution in [0.5, 0.6) is 0 Å². The Hall–Kier alpha value is -2.26. The Kier molecular flexibility index (Phi) is 6.95. The molecule has 2 aromatic carbocycles. The number of benzene rings is 2. The fourth-order valence-electron chi connectivity index (χ4n) is 3.80. The maximum Gasteiger partial charge on any atom is 0.243 e. The molecule has 0 bridgehead atoms. The number of nitrogens with one attached hydrogen (secondary N) is 1. The number of thiophene rings is 1. The SMILES string of the molecule is O=C(N[C@@H](c1ccc(F)cc1)c1cccs1)C1CCN(S(=O)(=O)c2ccc(Cl)cc2)CC1. The number of halogens is 2. The van der Waals surface area contributed by atoms with Gasteiger partial charge < -0.3 is 5.32 Å². The van der Waals surface area contributed by atoms with Crippen LogP contribution in [-0.2, 0) is 14.8 Å². The molecule has 0 unspecified atom stereocenters. The highest BCUT2D eigenvalue weighted by atomic mass is 35.5. The van der Waals surface area contributed by atoms with Crippen LogP contribution < -0.4 is 5.32 Å². The molecule has 3 aromatic rings. The quantitative estimate of drug-likeness (QED) is 0.535. The topological polar surface area (TPSA) is 66.5 Å². The second kappa shape index (κ2) is 9.70. The summed E-state index contributed by atoms with van der Waals surface area (Å²) in [4.78, 5) is 14.2. The van der Waals surface area contributed by atoms with E-state index in [9.17, 15) is 17.6 Å². The lowest BCUT2D eigenvalue weighted by atomic mass is 9.96. The minimum absolute atomic E-state index is 0.128. The van der Waals surface area contributed by atoms with Crippen molar-refractivity contribution in [3.63, 3.8) is 0 Å². The molecule has 0 spiro atoms. The molecule has 4 rings (SSSR count). The largest absolute Gasteiger partial charge is 0.344 e. The fourth-order valence-corrected chi connectivity index (χ4v) is 6.20. The molecule has 0 saturated carbocycles. The van der Waals surface area contributed by atoms with Crippen molar-refractivity contribution in [2.45, 2.75) is 23.8 Å². The maximum atomic E-state index is 13.4. The summed E-state index contributed by atoms with van der Waals surface area (Å²) in [7, 11) is -3.62. The number of sulfonamides is 1. The zero-order valence-electron chi connectivity index (χ0n) is 17.1. The lowest BCUT2D eigenvalue weighted by molar-refractivity contribution is -0.126. The molecule has 5 nitrogen and oxygen atoms in total. The zero-order chi connectivity index (χ0) is 22.7. The molecule has 1 N–H and O–H groups in total. The first-order valence-electron chi connectivity index (χ1n) is 10.2. The van der Waals surface area contributed by atoms with E-state index in [4.69, 9.17) is 11.6 Å². The molecule has 1 aliphatic rings. The minimum Gasteiger partial charge on any atom is -0.344 e. The molecule has 1 aromatic heterocycles. The molecule has 1 fully saturated rings. The molecule has 32 heavy (non-hydrogen) atoms. The van der Waals surface area contributed by atoms with Gasteiger partial charge in [-0.25, -0.2) is 12.8 Å². The molecule has 1 amide bonds. The van der Waals surface area contributed by atoms with Gasteiger partial charge in [0.1, 0.15) is 5.82 Å². The number of amides is 1. The van der Waals surface area contributed by atoms with E-state index in [1.165, 1.54) is 39.9 Å². The Labute approximate surface area is 195 Å². The Morgan fingerprint density at radius 3 is 2.31 bits per heavy atom. The van der Waals surface area contributed by atoms with Crippen LogP contribution in [0.25, 0.3) is 0 Å². The second-order valence-electron chi connectivity index (χ2n) is 7.64. The molecular weight excluding hydrogens is 471 g/mol. The predicted molar refractivity (Wildman–Crippen MR) is 124 cm³/mol. The predicted octanol–water partition coefficient (Wildman–Crippen LogP) is 4.85. The highest BCUT2D eigenvalue weighted by Crippen LogP contribution is 2.29. The van der Waals surface area contributed by atoms with E-state index in [0.717, 1.165) is 10.4 Å². The van der Waals surface area contributed by atoms with E-state index in [2.05, 4.69) is 5.32 Å². The second-order valence-corrected chi connectivity index (χ2v) is 11.0. The van der Waals surface area contributed by atoms with Gasteiger partial charge in [0.25, 0.3) is 0 Å². The van der Waals surface area contributed by atoms with E-state index >= 15 is 0 Å². The number of carbonyl (C=O) groups is 1. The summed E-state index contributed by atoms with van der Waals surface area (Å²) in [6, 6.07) is 15.6. The molecular formula is C23H22ClFN2O3S2. The standard InChI is InChI=1S/C23H22ClFN2O3S2/c24-18-5-9-20(10-6-18)32(29,30)27-13-11-17(12-14-27)23(28)26-22(21-2-1-15-31-21)16-3-7-19(25)8-4-16/h1-10,15,17,22H,11-14H2,(H,26,28)/t22-/m0/s1. The van der Waals surface area contributed by atoms with Crippen molar-refractivity contribution in [1.29, 1.82) is 0 Å². The van der Waals surface area contributed by atoms with Crippen molar-refractivity contribution >= 4 is 38.9 Å². The van der Waals surface area contributed by atoms with E-state index < -0.39 is 10.0 Å². The average Bonchev–Trinajstić information content (AvgIpc) is 3.33. The molecule has 1 aliphatic heterocycles. The number of hydrogen-bond acceptors (Lipinski definition) is 4. The van der Waals surface area contributed by atoms with Crippen molar-refractivity contribution < 1.29 is 17.6 Å². The Morgan fingerprint density at radius 2 is 1.72 bits per heavy atom. The van der Waals surface area contributed by atoms with Crippen molar-refractivity contribution in [2.75, 3.05) is 13.1 Å². The molecule has 2 heterocycles. The van der Waals surface area contributed by atoms with Crippen LogP contribution in [0.1, 0.15) is 29.3 Å².